The highest BCUT2D eigenvalue weighted by Gasteiger charge is 2.15. The van der Waals surface area contributed by atoms with E-state index in [0.717, 1.165) is 18.9 Å². The molecule has 0 aromatic heterocycles. The van der Waals surface area contributed by atoms with E-state index in [-0.39, 0.29) is 0 Å². The van der Waals surface area contributed by atoms with Gasteiger partial charge in [-0.25, -0.2) is 0 Å². The molecule has 0 aromatic carbocycles. The average molecular weight is 227 g/mol. The molecule has 1 fully saturated rings. The lowest BCUT2D eigenvalue weighted by Gasteiger charge is -2.26. The van der Waals surface area contributed by atoms with Gasteiger partial charge in [-0.2, -0.15) is 0 Å². The smallest absolute Gasteiger partial charge is 0.0471 e. The normalized spacial score (nSPS) is 20.2. The van der Waals surface area contributed by atoms with Crippen LogP contribution in [0.15, 0.2) is 0 Å². The van der Waals surface area contributed by atoms with Gasteiger partial charge in [-0.05, 0) is 38.3 Å². The van der Waals surface area contributed by atoms with Crippen molar-refractivity contribution in [2.24, 2.45) is 11.8 Å². The second kappa shape index (κ2) is 8.08. The molecule has 0 heterocycles. The summed E-state index contributed by atoms with van der Waals surface area (Å²) in [5.74, 6) is 1.45. The van der Waals surface area contributed by atoms with E-state index >= 15 is 0 Å². The summed E-state index contributed by atoms with van der Waals surface area (Å²) >= 11 is 0. The number of aliphatic hydroxyl groups excluding tert-OH is 1. The second-order valence-corrected chi connectivity index (χ2v) is 5.51. The first kappa shape index (κ1) is 14.0. The Balaban J connectivity index is 2.10. The first-order chi connectivity index (χ1) is 7.76. The maximum atomic E-state index is 9.17. The van der Waals surface area contributed by atoms with E-state index < -0.39 is 0 Å². The monoisotopic (exact) mass is 227 g/mol. The number of rotatable bonds is 7. The summed E-state index contributed by atoms with van der Waals surface area (Å²) < 4.78 is 0. The van der Waals surface area contributed by atoms with Crippen molar-refractivity contribution in [2.75, 3.05) is 26.7 Å². The molecule has 1 N–H and O–H groups in total. The lowest BCUT2D eigenvalue weighted by atomic mass is 9.87. The zero-order valence-electron chi connectivity index (χ0n) is 11.1. The van der Waals surface area contributed by atoms with E-state index in [9.17, 15) is 0 Å². The van der Waals surface area contributed by atoms with Gasteiger partial charge in [0.05, 0.1) is 0 Å². The minimum absolute atomic E-state index is 0.338. The maximum absolute atomic E-state index is 9.17. The van der Waals surface area contributed by atoms with Crippen molar-refractivity contribution in [3.63, 3.8) is 0 Å². The van der Waals surface area contributed by atoms with E-state index in [0.29, 0.717) is 12.5 Å². The van der Waals surface area contributed by atoms with Crippen molar-refractivity contribution in [1.29, 1.82) is 0 Å². The molecular formula is C14H29NO. The van der Waals surface area contributed by atoms with Crippen molar-refractivity contribution >= 4 is 0 Å². The Bertz CT molecular complexity index is 162. The number of hydrogen-bond donors (Lipinski definition) is 1. The van der Waals surface area contributed by atoms with Crippen LogP contribution in [0.4, 0.5) is 0 Å². The summed E-state index contributed by atoms with van der Waals surface area (Å²) in [6, 6.07) is 0. The third-order valence-corrected chi connectivity index (χ3v) is 4.05. The van der Waals surface area contributed by atoms with Crippen molar-refractivity contribution in [3.05, 3.63) is 0 Å². The third-order valence-electron chi connectivity index (χ3n) is 4.05. The van der Waals surface area contributed by atoms with Gasteiger partial charge in [-0.3, -0.25) is 0 Å². The Labute approximate surface area is 101 Å². The van der Waals surface area contributed by atoms with Crippen LogP contribution in [0.5, 0.6) is 0 Å². The van der Waals surface area contributed by atoms with Crippen LogP contribution in [-0.4, -0.2) is 36.8 Å². The van der Waals surface area contributed by atoms with Gasteiger partial charge in [0.25, 0.3) is 0 Å². The fourth-order valence-electron chi connectivity index (χ4n) is 2.73. The fraction of sp³-hybridized carbons (Fsp3) is 1.00. The number of aliphatic hydroxyl groups is 1. The summed E-state index contributed by atoms with van der Waals surface area (Å²) in [4.78, 5) is 2.40. The van der Waals surface area contributed by atoms with Crippen LogP contribution >= 0.6 is 0 Å². The molecule has 16 heavy (non-hydrogen) atoms. The highest BCUT2D eigenvalue weighted by atomic mass is 16.3. The van der Waals surface area contributed by atoms with Crippen LogP contribution in [0, 0.1) is 11.8 Å². The van der Waals surface area contributed by atoms with E-state index in [1.807, 2.05) is 0 Å². The standard InChI is InChI=1S/C14H29NO/c1-3-13(12-16)11-15(2)10-9-14-7-5-4-6-8-14/h13-14,16H,3-12H2,1-2H3. The summed E-state index contributed by atoms with van der Waals surface area (Å²) in [6.45, 7) is 4.76. The quantitative estimate of drug-likeness (QED) is 0.723. The molecule has 0 saturated heterocycles. The molecule has 0 spiro atoms. The van der Waals surface area contributed by atoms with Crippen molar-refractivity contribution in [2.45, 2.75) is 51.9 Å². The van der Waals surface area contributed by atoms with Crippen LogP contribution in [0.25, 0.3) is 0 Å². The SMILES string of the molecule is CCC(CO)CN(C)CCC1CCCCC1. The van der Waals surface area contributed by atoms with Gasteiger partial charge >= 0.3 is 0 Å². The predicted molar refractivity (Wildman–Crippen MR) is 69.6 cm³/mol. The van der Waals surface area contributed by atoms with E-state index in [2.05, 4.69) is 18.9 Å². The van der Waals surface area contributed by atoms with Gasteiger partial charge in [0, 0.05) is 13.2 Å². The van der Waals surface area contributed by atoms with Gasteiger partial charge < -0.3 is 10.0 Å². The molecule has 1 aliphatic rings. The maximum Gasteiger partial charge on any atom is 0.0471 e. The molecule has 0 aromatic rings. The molecule has 1 aliphatic carbocycles. The first-order valence-electron chi connectivity index (χ1n) is 7.05. The van der Waals surface area contributed by atoms with Crippen LogP contribution < -0.4 is 0 Å². The van der Waals surface area contributed by atoms with Crippen molar-refractivity contribution in [3.8, 4) is 0 Å². The minimum Gasteiger partial charge on any atom is -0.396 e. The molecule has 0 amide bonds. The molecule has 0 radical (unpaired) electrons. The Hall–Kier alpha value is -0.0800. The van der Waals surface area contributed by atoms with Gasteiger partial charge in [-0.15, -0.1) is 0 Å². The highest BCUT2D eigenvalue weighted by molar-refractivity contribution is 4.68. The molecule has 1 saturated carbocycles. The molecule has 2 heteroatoms. The van der Waals surface area contributed by atoms with Gasteiger partial charge in [0.2, 0.25) is 0 Å². The van der Waals surface area contributed by atoms with Gasteiger partial charge in [-0.1, -0.05) is 39.0 Å². The zero-order chi connectivity index (χ0) is 11.8. The van der Waals surface area contributed by atoms with Gasteiger partial charge in [0.1, 0.15) is 0 Å². The molecule has 0 bridgehead atoms. The Kier molecular flexibility index (Phi) is 7.06. The molecular weight excluding hydrogens is 198 g/mol. The van der Waals surface area contributed by atoms with Gasteiger partial charge in [0.15, 0.2) is 0 Å². The summed E-state index contributed by atoms with van der Waals surface area (Å²) in [5.41, 5.74) is 0. The minimum atomic E-state index is 0.338. The number of hydrogen-bond acceptors (Lipinski definition) is 2. The van der Waals surface area contributed by atoms with E-state index in [4.69, 9.17) is 5.11 Å². The summed E-state index contributed by atoms with van der Waals surface area (Å²) in [7, 11) is 2.20. The molecule has 1 unspecified atom stereocenters. The summed E-state index contributed by atoms with van der Waals surface area (Å²) in [5, 5.41) is 9.17. The topological polar surface area (TPSA) is 23.5 Å². The zero-order valence-corrected chi connectivity index (χ0v) is 11.1. The van der Waals surface area contributed by atoms with Crippen molar-refractivity contribution < 1.29 is 5.11 Å². The lowest BCUT2D eigenvalue weighted by molar-refractivity contribution is 0.168. The molecule has 1 atom stereocenters. The van der Waals surface area contributed by atoms with Crippen molar-refractivity contribution in [1.82, 2.24) is 4.90 Å². The highest BCUT2D eigenvalue weighted by Crippen LogP contribution is 2.26. The Morgan fingerprint density at radius 3 is 2.50 bits per heavy atom. The Morgan fingerprint density at radius 1 is 1.25 bits per heavy atom. The molecule has 96 valence electrons. The van der Waals surface area contributed by atoms with E-state index in [1.54, 1.807) is 0 Å². The molecule has 0 aliphatic heterocycles. The lowest BCUT2D eigenvalue weighted by Crippen LogP contribution is -2.29. The summed E-state index contributed by atoms with van der Waals surface area (Å²) in [6.07, 6.45) is 9.69. The second-order valence-electron chi connectivity index (χ2n) is 5.51. The predicted octanol–water partition coefficient (Wildman–Crippen LogP) is 2.91. The average Bonchev–Trinajstić information content (AvgIpc) is 2.34. The largest absolute Gasteiger partial charge is 0.396 e. The fourth-order valence-corrected chi connectivity index (χ4v) is 2.73. The molecule has 1 rings (SSSR count). The first-order valence-corrected chi connectivity index (χ1v) is 7.05. The van der Waals surface area contributed by atoms with Crippen LogP contribution in [0.1, 0.15) is 51.9 Å². The Morgan fingerprint density at radius 2 is 1.94 bits per heavy atom. The van der Waals surface area contributed by atoms with Crippen LogP contribution in [0.2, 0.25) is 0 Å². The third kappa shape index (κ3) is 5.31. The van der Waals surface area contributed by atoms with Crippen LogP contribution in [0.3, 0.4) is 0 Å². The van der Waals surface area contributed by atoms with Crippen LogP contribution in [-0.2, 0) is 0 Å². The van der Waals surface area contributed by atoms with E-state index in [1.165, 1.54) is 45.1 Å². The number of nitrogens with zero attached hydrogens (tertiary/aromatic N) is 1. The molecule has 2 nitrogen and oxygen atoms in total.